The lowest BCUT2D eigenvalue weighted by Crippen LogP contribution is -2.27. The number of carbonyl (C=O) groups is 1. The summed E-state index contributed by atoms with van der Waals surface area (Å²) in [6.07, 6.45) is 1.68. The number of nitrogens with one attached hydrogen (secondary N) is 1. The fraction of sp³-hybridized carbons (Fsp3) is 0.0526. The zero-order valence-corrected chi connectivity index (χ0v) is 17.0. The highest BCUT2D eigenvalue weighted by Crippen LogP contribution is 2.31. The van der Waals surface area contributed by atoms with Crippen LogP contribution < -0.4 is 5.32 Å². The lowest BCUT2D eigenvalue weighted by Gasteiger charge is -2.19. The number of urea groups is 1. The number of anilines is 1. The maximum absolute atomic E-state index is 12.5. The average Bonchev–Trinajstić information content (AvgIpc) is 2.66. The van der Waals surface area contributed by atoms with E-state index in [9.17, 15) is 4.79 Å². The van der Waals surface area contributed by atoms with Crippen molar-refractivity contribution in [2.75, 3.05) is 5.32 Å². The lowest BCUT2D eigenvalue weighted by molar-refractivity contribution is 0.238. The number of pyridine rings is 1. The predicted octanol–water partition coefficient (Wildman–Crippen LogP) is 6.59. The minimum atomic E-state index is -0.448. The maximum Gasteiger partial charge on any atom is 0.332 e. The molecule has 0 unspecified atom stereocenters. The second kappa shape index (κ2) is 8.85. The first kappa shape index (κ1) is 19.8. The third-order valence-corrected chi connectivity index (χ3v) is 5.24. The molecule has 0 fully saturated rings. The van der Waals surface area contributed by atoms with Gasteiger partial charge >= 0.3 is 6.03 Å². The number of hydrogen-bond donors (Lipinski definition) is 2. The van der Waals surface area contributed by atoms with Gasteiger partial charge in [0.2, 0.25) is 0 Å². The zero-order chi connectivity index (χ0) is 19.4. The van der Waals surface area contributed by atoms with Crippen LogP contribution in [0, 0.1) is 0 Å². The third-order valence-electron chi connectivity index (χ3n) is 3.77. The van der Waals surface area contributed by atoms with Gasteiger partial charge in [0.05, 0.1) is 28.0 Å². The second-order valence-electron chi connectivity index (χ2n) is 5.58. The molecule has 0 saturated heterocycles. The average molecular weight is 439 g/mol. The summed E-state index contributed by atoms with van der Waals surface area (Å²) in [5.74, 6) is 0. The van der Waals surface area contributed by atoms with Crippen LogP contribution in [0.2, 0.25) is 15.1 Å². The molecule has 8 heteroatoms. The largest absolute Gasteiger partial charge is 0.332 e. The molecule has 0 bridgehead atoms. The van der Waals surface area contributed by atoms with Crippen LogP contribution in [0.15, 0.2) is 60.8 Å². The second-order valence-corrected chi connectivity index (χ2v) is 7.26. The van der Waals surface area contributed by atoms with E-state index in [1.54, 1.807) is 36.5 Å². The van der Waals surface area contributed by atoms with Crippen molar-refractivity contribution in [3.8, 4) is 11.3 Å². The van der Waals surface area contributed by atoms with Crippen molar-refractivity contribution < 1.29 is 4.79 Å². The third kappa shape index (κ3) is 4.68. The Hall–Kier alpha value is -1.92. The molecule has 3 rings (SSSR count). The van der Waals surface area contributed by atoms with Crippen LogP contribution >= 0.6 is 47.6 Å². The topological polar surface area (TPSA) is 45.2 Å². The molecule has 0 spiro atoms. The monoisotopic (exact) mass is 437 g/mol. The SMILES string of the molecule is O=C(Nc1cccc(Cl)c1Cl)N(S)Cc1cccnc1-c1ccccc1Cl. The van der Waals surface area contributed by atoms with Gasteiger partial charge in [0, 0.05) is 16.8 Å². The maximum atomic E-state index is 12.5. The molecule has 4 nitrogen and oxygen atoms in total. The Balaban J connectivity index is 1.80. The molecular formula is C19H14Cl3N3OS. The highest BCUT2D eigenvalue weighted by Gasteiger charge is 2.17. The zero-order valence-electron chi connectivity index (χ0n) is 13.9. The fourth-order valence-electron chi connectivity index (χ4n) is 2.48. The quantitative estimate of drug-likeness (QED) is 0.451. The Morgan fingerprint density at radius 2 is 1.74 bits per heavy atom. The first-order chi connectivity index (χ1) is 13.0. The number of halogens is 3. The van der Waals surface area contributed by atoms with E-state index in [1.807, 2.05) is 24.3 Å². The minimum Gasteiger partial charge on any atom is -0.306 e. The van der Waals surface area contributed by atoms with Crippen molar-refractivity contribution in [1.82, 2.24) is 9.29 Å². The standard InChI is InChI=1S/C19H14Cl3N3OS/c20-14-7-2-1-6-13(14)18-12(5-4-10-23-18)11-25(27)19(26)24-16-9-3-8-15(21)17(16)22/h1-10,27H,11H2,(H,24,26). The van der Waals surface area contributed by atoms with Crippen LogP contribution in [0.3, 0.4) is 0 Å². The van der Waals surface area contributed by atoms with Crippen LogP contribution in [0.1, 0.15) is 5.56 Å². The molecule has 0 aliphatic carbocycles. The molecule has 1 N–H and O–H groups in total. The van der Waals surface area contributed by atoms with Gasteiger partial charge in [0.15, 0.2) is 0 Å². The summed E-state index contributed by atoms with van der Waals surface area (Å²) >= 11 is 22.7. The summed E-state index contributed by atoms with van der Waals surface area (Å²) in [7, 11) is 0. The molecule has 138 valence electrons. The molecule has 0 aliphatic heterocycles. The first-order valence-electron chi connectivity index (χ1n) is 7.87. The van der Waals surface area contributed by atoms with Gasteiger partial charge in [0.1, 0.15) is 0 Å². The van der Waals surface area contributed by atoms with Gasteiger partial charge in [0.25, 0.3) is 0 Å². The number of amides is 2. The Kier molecular flexibility index (Phi) is 6.50. The van der Waals surface area contributed by atoms with E-state index in [1.165, 1.54) is 4.31 Å². The van der Waals surface area contributed by atoms with Crippen LogP contribution in [0.5, 0.6) is 0 Å². The van der Waals surface area contributed by atoms with Crippen molar-refractivity contribution >= 4 is 59.3 Å². The Bertz CT molecular complexity index is 984. The van der Waals surface area contributed by atoms with Crippen molar-refractivity contribution in [3.63, 3.8) is 0 Å². The summed E-state index contributed by atoms with van der Waals surface area (Å²) in [4.78, 5) is 16.9. The van der Waals surface area contributed by atoms with Crippen molar-refractivity contribution in [2.45, 2.75) is 6.54 Å². The van der Waals surface area contributed by atoms with Crippen LogP contribution in [-0.4, -0.2) is 15.3 Å². The summed E-state index contributed by atoms with van der Waals surface area (Å²) in [6.45, 7) is 0.210. The molecule has 2 amide bonds. The molecular weight excluding hydrogens is 425 g/mol. The van der Waals surface area contributed by atoms with E-state index in [0.717, 1.165) is 11.1 Å². The summed E-state index contributed by atoms with van der Waals surface area (Å²) in [5, 5.41) is 3.90. The summed E-state index contributed by atoms with van der Waals surface area (Å²) in [5.41, 5.74) is 2.68. The number of thiol groups is 1. The predicted molar refractivity (Wildman–Crippen MR) is 115 cm³/mol. The number of aromatic nitrogens is 1. The number of benzene rings is 2. The van der Waals surface area contributed by atoms with Crippen molar-refractivity contribution in [1.29, 1.82) is 0 Å². The van der Waals surface area contributed by atoms with Crippen LogP contribution in [-0.2, 0) is 6.54 Å². The van der Waals surface area contributed by atoms with E-state index >= 15 is 0 Å². The minimum absolute atomic E-state index is 0.210. The molecule has 3 aromatic rings. The highest BCUT2D eigenvalue weighted by atomic mass is 35.5. The highest BCUT2D eigenvalue weighted by molar-refractivity contribution is 7.78. The molecule has 0 aliphatic rings. The summed E-state index contributed by atoms with van der Waals surface area (Å²) < 4.78 is 1.23. The van der Waals surface area contributed by atoms with E-state index in [4.69, 9.17) is 34.8 Å². The van der Waals surface area contributed by atoms with Gasteiger partial charge in [-0.2, -0.15) is 0 Å². The molecule has 0 atom stereocenters. The van der Waals surface area contributed by atoms with E-state index in [-0.39, 0.29) is 11.6 Å². The molecule has 27 heavy (non-hydrogen) atoms. The molecule has 0 saturated carbocycles. The smallest absolute Gasteiger partial charge is 0.306 e. The summed E-state index contributed by atoms with van der Waals surface area (Å²) in [6, 6.07) is 15.6. The number of hydrogen-bond acceptors (Lipinski definition) is 3. The number of nitrogens with zero attached hydrogens (tertiary/aromatic N) is 2. The van der Waals surface area contributed by atoms with E-state index in [2.05, 4.69) is 23.1 Å². The molecule has 2 aromatic carbocycles. The number of rotatable bonds is 4. The van der Waals surface area contributed by atoms with Gasteiger partial charge in [-0.3, -0.25) is 9.29 Å². The van der Waals surface area contributed by atoms with E-state index < -0.39 is 6.03 Å². The Morgan fingerprint density at radius 1 is 1.00 bits per heavy atom. The Labute approximate surface area is 177 Å². The first-order valence-corrected chi connectivity index (χ1v) is 9.41. The molecule has 1 heterocycles. The normalized spacial score (nSPS) is 10.5. The van der Waals surface area contributed by atoms with Crippen LogP contribution in [0.25, 0.3) is 11.3 Å². The van der Waals surface area contributed by atoms with Gasteiger partial charge in [-0.15, -0.1) is 0 Å². The van der Waals surface area contributed by atoms with Crippen molar-refractivity contribution in [2.24, 2.45) is 0 Å². The van der Waals surface area contributed by atoms with Gasteiger partial charge in [-0.25, -0.2) is 4.79 Å². The van der Waals surface area contributed by atoms with Gasteiger partial charge in [-0.1, -0.05) is 77.9 Å². The van der Waals surface area contributed by atoms with Crippen molar-refractivity contribution in [3.05, 3.63) is 81.4 Å². The van der Waals surface area contributed by atoms with Crippen LogP contribution in [0.4, 0.5) is 10.5 Å². The van der Waals surface area contributed by atoms with Gasteiger partial charge in [-0.05, 0) is 29.8 Å². The van der Waals surface area contributed by atoms with E-state index in [0.29, 0.717) is 21.4 Å². The lowest BCUT2D eigenvalue weighted by atomic mass is 10.1. The molecule has 0 radical (unpaired) electrons. The fourth-order valence-corrected chi connectivity index (χ4v) is 3.25. The Morgan fingerprint density at radius 3 is 2.52 bits per heavy atom. The van der Waals surface area contributed by atoms with Gasteiger partial charge < -0.3 is 5.32 Å². The number of carbonyl (C=O) groups excluding carboxylic acids is 1. The molecule has 1 aromatic heterocycles.